The summed E-state index contributed by atoms with van der Waals surface area (Å²) in [5, 5.41) is 14.3. The van der Waals surface area contributed by atoms with Gasteiger partial charge in [-0.1, -0.05) is 12.6 Å². The maximum atomic E-state index is 14.1. The molecule has 1 saturated heterocycles. The van der Waals surface area contributed by atoms with Crippen LogP contribution in [0.3, 0.4) is 0 Å². The predicted octanol–water partition coefficient (Wildman–Crippen LogP) is 4.79. The Kier molecular flexibility index (Phi) is 5.56. The fraction of sp³-hybridized carbons (Fsp3) is 0.360. The minimum absolute atomic E-state index is 0.160. The molecule has 1 spiro atoms. The van der Waals surface area contributed by atoms with Crippen LogP contribution in [0.2, 0.25) is 0 Å². The fourth-order valence-corrected chi connectivity index (χ4v) is 4.44. The number of nitrogens with one attached hydrogen (secondary N) is 1. The van der Waals surface area contributed by atoms with Crippen LogP contribution in [0.4, 0.5) is 4.39 Å². The van der Waals surface area contributed by atoms with Gasteiger partial charge in [-0.2, -0.15) is 0 Å². The topological polar surface area (TPSA) is 44.7 Å². The van der Waals surface area contributed by atoms with Gasteiger partial charge in [0.25, 0.3) is 0 Å². The van der Waals surface area contributed by atoms with Gasteiger partial charge in [0.05, 0.1) is 0 Å². The van der Waals surface area contributed by atoms with Crippen molar-refractivity contribution in [1.29, 1.82) is 0 Å². The summed E-state index contributed by atoms with van der Waals surface area (Å²) < 4.78 is 20.4. The van der Waals surface area contributed by atoms with E-state index in [2.05, 4.69) is 36.7 Å². The molecule has 2 aliphatic rings. The third-order valence-electron chi connectivity index (χ3n) is 6.17. The second kappa shape index (κ2) is 8.15. The van der Waals surface area contributed by atoms with Crippen molar-refractivity contribution in [2.24, 2.45) is 0 Å². The van der Waals surface area contributed by atoms with Crippen molar-refractivity contribution >= 4 is 11.3 Å². The molecule has 2 heterocycles. The fourth-order valence-electron chi connectivity index (χ4n) is 4.44. The Morgan fingerprint density at radius 3 is 2.53 bits per heavy atom. The van der Waals surface area contributed by atoms with Crippen LogP contribution in [0.25, 0.3) is 11.3 Å². The highest BCUT2D eigenvalue weighted by Crippen LogP contribution is 2.45. The van der Waals surface area contributed by atoms with Crippen LogP contribution in [-0.2, 0) is 0 Å². The van der Waals surface area contributed by atoms with Crippen molar-refractivity contribution in [3.05, 3.63) is 71.6 Å². The number of aromatic hydroxyl groups is 1. The number of rotatable bonds is 5. The lowest BCUT2D eigenvalue weighted by molar-refractivity contribution is 0.0815. The quantitative estimate of drug-likeness (QED) is 0.747. The second-order valence-electron chi connectivity index (χ2n) is 7.97. The first-order chi connectivity index (χ1) is 14.5. The highest BCUT2D eigenvalue weighted by molar-refractivity contribution is 5.88. The first-order valence-corrected chi connectivity index (χ1v) is 10.7. The third kappa shape index (κ3) is 3.70. The zero-order chi connectivity index (χ0) is 21.3. The van der Waals surface area contributed by atoms with Gasteiger partial charge in [0.15, 0.2) is 0 Å². The van der Waals surface area contributed by atoms with Gasteiger partial charge in [-0.25, -0.2) is 4.39 Å². The third-order valence-corrected chi connectivity index (χ3v) is 6.17. The molecule has 4 nitrogen and oxygen atoms in total. The Morgan fingerprint density at radius 1 is 1.13 bits per heavy atom. The highest BCUT2D eigenvalue weighted by Gasteiger charge is 2.37. The smallest absolute Gasteiger partial charge is 0.130 e. The van der Waals surface area contributed by atoms with Crippen molar-refractivity contribution in [2.75, 3.05) is 26.2 Å². The zero-order valence-corrected chi connectivity index (χ0v) is 17.7. The van der Waals surface area contributed by atoms with Crippen LogP contribution in [0, 0.1) is 5.82 Å². The Morgan fingerprint density at radius 2 is 1.87 bits per heavy atom. The van der Waals surface area contributed by atoms with E-state index in [4.69, 9.17) is 4.74 Å². The molecule has 30 heavy (non-hydrogen) atoms. The number of benzene rings is 2. The van der Waals surface area contributed by atoms with Crippen LogP contribution in [0.5, 0.6) is 11.5 Å². The van der Waals surface area contributed by atoms with Crippen LogP contribution in [0.1, 0.15) is 43.4 Å². The SMILES string of the molecule is C=C(c1ccc(C2=CC3(CCNCC3)Oc3ccc(F)cc32)c(O)c1)N(CC)CC. The number of phenolic OH excluding ortho intramolecular Hbond substituents is 1. The van der Waals surface area contributed by atoms with Gasteiger partial charge in [-0.05, 0) is 68.9 Å². The molecule has 0 bridgehead atoms. The first kappa shape index (κ1) is 20.5. The normalized spacial score (nSPS) is 17.1. The molecule has 0 radical (unpaired) electrons. The lowest BCUT2D eigenvalue weighted by atomic mass is 9.83. The summed E-state index contributed by atoms with van der Waals surface area (Å²) >= 11 is 0. The number of ether oxygens (including phenoxy) is 1. The van der Waals surface area contributed by atoms with Gasteiger partial charge < -0.3 is 20.1 Å². The minimum atomic E-state index is -0.443. The number of halogens is 1. The van der Waals surface area contributed by atoms with Gasteiger partial charge in [-0.3, -0.25) is 0 Å². The van der Waals surface area contributed by atoms with E-state index in [0.717, 1.165) is 55.9 Å². The molecule has 1 fully saturated rings. The van der Waals surface area contributed by atoms with Crippen molar-refractivity contribution in [3.63, 3.8) is 0 Å². The van der Waals surface area contributed by atoms with Crippen molar-refractivity contribution in [3.8, 4) is 11.5 Å². The summed E-state index contributed by atoms with van der Waals surface area (Å²) in [5.41, 5.74) is 3.48. The summed E-state index contributed by atoms with van der Waals surface area (Å²) in [6, 6.07) is 10.2. The molecule has 0 unspecified atom stereocenters. The van der Waals surface area contributed by atoms with E-state index in [1.807, 2.05) is 12.1 Å². The molecule has 2 aromatic rings. The van der Waals surface area contributed by atoms with Crippen molar-refractivity contribution in [1.82, 2.24) is 10.2 Å². The summed E-state index contributed by atoms with van der Waals surface area (Å²) in [4.78, 5) is 2.15. The summed E-state index contributed by atoms with van der Waals surface area (Å²) in [6.45, 7) is 11.8. The molecule has 0 atom stereocenters. The van der Waals surface area contributed by atoms with E-state index >= 15 is 0 Å². The van der Waals surface area contributed by atoms with Crippen molar-refractivity contribution in [2.45, 2.75) is 32.3 Å². The van der Waals surface area contributed by atoms with E-state index < -0.39 is 5.60 Å². The van der Waals surface area contributed by atoms with E-state index in [1.54, 1.807) is 12.1 Å². The Labute approximate surface area is 177 Å². The van der Waals surface area contributed by atoms with Crippen LogP contribution in [0.15, 0.2) is 49.1 Å². The Hall–Kier alpha value is -2.79. The van der Waals surface area contributed by atoms with Gasteiger partial charge >= 0.3 is 0 Å². The molecular formula is C25H29FN2O2. The summed E-state index contributed by atoms with van der Waals surface area (Å²) in [5.74, 6) is 0.496. The maximum absolute atomic E-state index is 14.1. The molecule has 0 saturated carbocycles. The molecule has 2 aliphatic heterocycles. The number of hydrogen-bond acceptors (Lipinski definition) is 4. The van der Waals surface area contributed by atoms with E-state index in [-0.39, 0.29) is 11.6 Å². The molecule has 5 heteroatoms. The number of piperidine rings is 1. The van der Waals surface area contributed by atoms with E-state index in [1.165, 1.54) is 12.1 Å². The minimum Gasteiger partial charge on any atom is -0.507 e. The number of phenols is 1. The molecule has 2 aromatic carbocycles. The van der Waals surface area contributed by atoms with E-state index in [0.29, 0.717) is 16.9 Å². The number of nitrogens with zero attached hydrogens (tertiary/aromatic N) is 1. The largest absolute Gasteiger partial charge is 0.507 e. The molecule has 0 aliphatic carbocycles. The summed E-state index contributed by atoms with van der Waals surface area (Å²) in [7, 11) is 0. The summed E-state index contributed by atoms with van der Waals surface area (Å²) in [6.07, 6.45) is 3.72. The molecule has 158 valence electrons. The first-order valence-electron chi connectivity index (χ1n) is 10.7. The maximum Gasteiger partial charge on any atom is 0.130 e. The second-order valence-corrected chi connectivity index (χ2v) is 7.97. The van der Waals surface area contributed by atoms with Crippen LogP contribution in [-0.4, -0.2) is 41.8 Å². The number of hydrogen-bond donors (Lipinski definition) is 2. The van der Waals surface area contributed by atoms with Gasteiger partial charge in [0.2, 0.25) is 0 Å². The highest BCUT2D eigenvalue weighted by atomic mass is 19.1. The van der Waals surface area contributed by atoms with Crippen molar-refractivity contribution < 1.29 is 14.2 Å². The van der Waals surface area contributed by atoms with Gasteiger partial charge in [-0.15, -0.1) is 0 Å². The monoisotopic (exact) mass is 408 g/mol. The van der Waals surface area contributed by atoms with Crippen LogP contribution >= 0.6 is 0 Å². The van der Waals surface area contributed by atoms with E-state index in [9.17, 15) is 9.50 Å². The standard InChI is InChI=1S/C25H29FN2O2/c1-4-28(5-2)17(3)18-6-8-20(23(29)14-18)22-16-25(10-12-27-13-11-25)30-24-9-7-19(26)15-21(22)24/h6-9,14-16,27,29H,3-5,10-13H2,1-2H3. The average Bonchev–Trinajstić information content (AvgIpc) is 2.75. The molecule has 4 rings (SSSR count). The van der Waals surface area contributed by atoms with Gasteiger partial charge in [0, 0.05) is 48.3 Å². The molecule has 0 aromatic heterocycles. The predicted molar refractivity (Wildman–Crippen MR) is 119 cm³/mol. The molecular weight excluding hydrogens is 379 g/mol. The van der Waals surface area contributed by atoms with Crippen LogP contribution < -0.4 is 10.1 Å². The molecule has 0 amide bonds. The molecule has 2 N–H and O–H groups in total. The Balaban J connectivity index is 1.79. The average molecular weight is 409 g/mol. The number of fused-ring (bicyclic) bond motifs is 1. The lowest BCUT2D eigenvalue weighted by Crippen LogP contribution is -2.46. The van der Waals surface area contributed by atoms with Gasteiger partial charge in [0.1, 0.15) is 22.9 Å². The zero-order valence-electron chi connectivity index (χ0n) is 17.7. The Bertz CT molecular complexity index is 989. The lowest BCUT2D eigenvalue weighted by Gasteiger charge is -2.40.